The van der Waals surface area contributed by atoms with Crippen molar-refractivity contribution in [3.8, 4) is 11.3 Å². The number of aromatic amines is 1. The summed E-state index contributed by atoms with van der Waals surface area (Å²) in [6.07, 6.45) is 6.12. The van der Waals surface area contributed by atoms with Gasteiger partial charge < -0.3 is 24.7 Å². The molecule has 41 heavy (non-hydrogen) atoms. The first kappa shape index (κ1) is 26.2. The average molecular weight is 552 g/mol. The normalized spacial score (nSPS) is 13.5. The summed E-state index contributed by atoms with van der Waals surface area (Å²) in [5.74, 6) is -0.808. The van der Waals surface area contributed by atoms with Gasteiger partial charge in [0, 0.05) is 73.8 Å². The van der Waals surface area contributed by atoms with Crippen LogP contribution in [0.4, 0.5) is 14.9 Å². The molecular formula is C31H30FN7O2. The van der Waals surface area contributed by atoms with Crippen LogP contribution in [0.3, 0.4) is 0 Å². The predicted molar refractivity (Wildman–Crippen MR) is 158 cm³/mol. The van der Waals surface area contributed by atoms with Crippen LogP contribution in [0.5, 0.6) is 0 Å². The molecule has 9 nitrogen and oxygen atoms in total. The van der Waals surface area contributed by atoms with Gasteiger partial charge in [0.05, 0.1) is 5.69 Å². The van der Waals surface area contributed by atoms with Gasteiger partial charge in [-0.1, -0.05) is 12.1 Å². The second kappa shape index (κ2) is 10.2. The summed E-state index contributed by atoms with van der Waals surface area (Å²) >= 11 is 0. The van der Waals surface area contributed by atoms with Crippen LogP contribution in [0.25, 0.3) is 38.8 Å². The Morgan fingerprint density at radius 1 is 1.10 bits per heavy atom. The van der Waals surface area contributed by atoms with Crippen molar-refractivity contribution in [3.05, 3.63) is 83.7 Å². The van der Waals surface area contributed by atoms with Crippen molar-refractivity contribution in [2.45, 2.75) is 13.3 Å². The van der Waals surface area contributed by atoms with Crippen molar-refractivity contribution >= 4 is 45.1 Å². The summed E-state index contributed by atoms with van der Waals surface area (Å²) in [7, 11) is 5.41. The Bertz CT molecular complexity index is 1870. The fourth-order valence-corrected chi connectivity index (χ4v) is 5.35. The highest BCUT2D eigenvalue weighted by molar-refractivity contribution is 6.07. The molecule has 0 bridgehead atoms. The molecule has 1 aliphatic rings. The molecule has 2 aromatic carbocycles. The molecule has 10 heteroatoms. The largest absolute Gasteiger partial charge is 0.351 e. The van der Waals surface area contributed by atoms with Gasteiger partial charge in [-0.05, 0) is 66.3 Å². The molecule has 0 fully saturated rings. The number of H-pyrrole nitrogens is 1. The molecule has 5 aromatic rings. The van der Waals surface area contributed by atoms with Crippen LogP contribution in [0.1, 0.15) is 28.0 Å². The van der Waals surface area contributed by atoms with E-state index in [1.807, 2.05) is 55.1 Å². The molecule has 0 aliphatic carbocycles. The summed E-state index contributed by atoms with van der Waals surface area (Å²) < 4.78 is 16.9. The van der Waals surface area contributed by atoms with Gasteiger partial charge in [-0.15, -0.1) is 0 Å². The van der Waals surface area contributed by atoms with Crippen molar-refractivity contribution in [2.24, 2.45) is 7.05 Å². The molecule has 3 amide bonds. The SMILES string of the molecule is Cc1c(NC(=O)c2ccc3ccn(C)c3c2)cc(F)cc1-c1ncnc2[nH]c(C3=CCN(C(=O)N(C)C)CC3)cc12. The van der Waals surface area contributed by atoms with Crippen molar-refractivity contribution in [3.63, 3.8) is 0 Å². The Kier molecular flexibility index (Phi) is 6.53. The summed E-state index contributed by atoms with van der Waals surface area (Å²) in [6, 6.07) is 12.2. The first-order valence-electron chi connectivity index (χ1n) is 13.4. The molecule has 4 heterocycles. The van der Waals surface area contributed by atoms with E-state index in [1.54, 1.807) is 30.0 Å². The van der Waals surface area contributed by atoms with Crippen LogP contribution >= 0.6 is 0 Å². The number of halogens is 1. The molecule has 0 atom stereocenters. The van der Waals surface area contributed by atoms with E-state index in [-0.39, 0.29) is 11.9 Å². The highest BCUT2D eigenvalue weighted by atomic mass is 19.1. The number of benzene rings is 2. The van der Waals surface area contributed by atoms with Crippen LogP contribution in [0.15, 0.2) is 61.1 Å². The Hall–Kier alpha value is -4.99. The van der Waals surface area contributed by atoms with E-state index in [0.29, 0.717) is 53.2 Å². The standard InChI is InChI=1S/C31H30FN7O2/c1-18-23(14-22(32)15-25(18)36-30(40)21-6-5-20-7-10-38(4)27(20)13-21)28-24-16-26(35-29(24)34-17-33-28)19-8-11-39(12-9-19)31(41)37(2)3/h5-8,10,13-17H,9,11-12H2,1-4H3,(H,36,40)(H,33,34,35). The van der Waals surface area contributed by atoms with Crippen LogP contribution in [0, 0.1) is 12.7 Å². The number of aryl methyl sites for hydroxylation is 1. The lowest BCUT2D eigenvalue weighted by molar-refractivity contribution is 0.102. The third kappa shape index (κ3) is 4.82. The van der Waals surface area contributed by atoms with E-state index in [1.165, 1.54) is 18.5 Å². The molecule has 0 radical (unpaired) electrons. The smallest absolute Gasteiger partial charge is 0.319 e. The lowest BCUT2D eigenvalue weighted by atomic mass is 10.00. The van der Waals surface area contributed by atoms with E-state index in [2.05, 4.69) is 20.3 Å². The first-order valence-corrected chi connectivity index (χ1v) is 13.4. The number of carbonyl (C=O) groups excluding carboxylic acids is 2. The maximum absolute atomic E-state index is 15.0. The van der Waals surface area contributed by atoms with Crippen molar-refractivity contribution in [1.29, 1.82) is 0 Å². The van der Waals surface area contributed by atoms with Crippen LogP contribution < -0.4 is 5.32 Å². The van der Waals surface area contributed by atoms with Gasteiger partial charge in [0.1, 0.15) is 17.8 Å². The number of aromatic nitrogens is 4. The fraction of sp³-hybridized carbons (Fsp3) is 0.226. The van der Waals surface area contributed by atoms with Crippen LogP contribution in [0.2, 0.25) is 0 Å². The second-order valence-corrected chi connectivity index (χ2v) is 10.6. The van der Waals surface area contributed by atoms with E-state index < -0.39 is 5.82 Å². The molecule has 6 rings (SSSR count). The quantitative estimate of drug-likeness (QED) is 0.304. The number of anilines is 1. The summed E-state index contributed by atoms with van der Waals surface area (Å²) in [5.41, 5.74) is 6.21. The van der Waals surface area contributed by atoms with Crippen LogP contribution in [-0.2, 0) is 7.05 Å². The summed E-state index contributed by atoms with van der Waals surface area (Å²) in [6.45, 7) is 2.97. The number of fused-ring (bicyclic) bond motifs is 2. The molecule has 2 N–H and O–H groups in total. The van der Waals surface area contributed by atoms with Gasteiger partial charge in [0.25, 0.3) is 5.91 Å². The Morgan fingerprint density at radius 2 is 1.93 bits per heavy atom. The number of hydrogen-bond donors (Lipinski definition) is 2. The molecule has 208 valence electrons. The fourth-order valence-electron chi connectivity index (χ4n) is 5.35. The number of nitrogens with one attached hydrogen (secondary N) is 2. The van der Waals surface area contributed by atoms with Gasteiger partial charge in [-0.3, -0.25) is 4.79 Å². The topological polar surface area (TPSA) is 99.1 Å². The molecular weight excluding hydrogens is 521 g/mol. The predicted octanol–water partition coefficient (Wildman–Crippen LogP) is 5.59. The third-order valence-corrected chi connectivity index (χ3v) is 7.66. The first-order chi connectivity index (χ1) is 19.7. The lowest BCUT2D eigenvalue weighted by Gasteiger charge is -2.28. The van der Waals surface area contributed by atoms with Gasteiger partial charge in [-0.25, -0.2) is 19.2 Å². The number of carbonyl (C=O) groups is 2. The minimum absolute atomic E-state index is 0.0184. The average Bonchev–Trinajstić information content (AvgIpc) is 3.57. The molecule has 0 saturated heterocycles. The third-order valence-electron chi connectivity index (χ3n) is 7.66. The van der Waals surface area contributed by atoms with Crippen molar-refractivity contribution < 1.29 is 14.0 Å². The van der Waals surface area contributed by atoms with Gasteiger partial charge in [0.15, 0.2) is 0 Å². The molecule has 1 aliphatic heterocycles. The summed E-state index contributed by atoms with van der Waals surface area (Å²) in [5, 5.41) is 4.68. The maximum Gasteiger partial charge on any atom is 0.319 e. The Morgan fingerprint density at radius 3 is 2.68 bits per heavy atom. The molecule has 0 spiro atoms. The van der Waals surface area contributed by atoms with Gasteiger partial charge in [0.2, 0.25) is 0 Å². The zero-order valence-electron chi connectivity index (χ0n) is 23.3. The Labute approximate surface area is 236 Å². The molecule has 0 unspecified atom stereocenters. The maximum atomic E-state index is 15.0. The Balaban J connectivity index is 1.32. The van der Waals surface area contributed by atoms with Crippen molar-refractivity contribution in [1.82, 2.24) is 29.3 Å². The minimum atomic E-state index is -0.484. The van der Waals surface area contributed by atoms with E-state index in [0.717, 1.165) is 27.6 Å². The van der Waals surface area contributed by atoms with Crippen molar-refractivity contribution in [2.75, 3.05) is 32.5 Å². The van der Waals surface area contributed by atoms with Gasteiger partial charge in [-0.2, -0.15) is 0 Å². The van der Waals surface area contributed by atoms with E-state index in [4.69, 9.17) is 0 Å². The van der Waals surface area contributed by atoms with Gasteiger partial charge >= 0.3 is 6.03 Å². The van der Waals surface area contributed by atoms with E-state index in [9.17, 15) is 14.0 Å². The minimum Gasteiger partial charge on any atom is -0.351 e. The highest BCUT2D eigenvalue weighted by Crippen LogP contribution is 2.35. The van der Waals surface area contributed by atoms with E-state index >= 15 is 0 Å². The zero-order chi connectivity index (χ0) is 28.8. The molecule has 3 aromatic heterocycles. The van der Waals surface area contributed by atoms with Crippen LogP contribution in [-0.4, -0.2) is 68.4 Å². The number of nitrogens with zero attached hydrogens (tertiary/aromatic N) is 5. The lowest BCUT2D eigenvalue weighted by Crippen LogP contribution is -2.41. The zero-order valence-corrected chi connectivity index (χ0v) is 23.3. The number of amides is 3. The number of rotatable bonds is 4. The highest BCUT2D eigenvalue weighted by Gasteiger charge is 2.22. The number of hydrogen-bond acceptors (Lipinski definition) is 4. The number of urea groups is 1. The molecule has 0 saturated carbocycles. The summed E-state index contributed by atoms with van der Waals surface area (Å²) in [4.78, 5) is 41.2. The monoisotopic (exact) mass is 551 g/mol. The second-order valence-electron chi connectivity index (χ2n) is 10.6.